The molecule has 1 N–H and O–H groups in total. The number of anilines is 2. The van der Waals surface area contributed by atoms with Gasteiger partial charge in [-0.3, -0.25) is 0 Å². The summed E-state index contributed by atoms with van der Waals surface area (Å²) < 4.78 is 11.8. The molecule has 0 aliphatic carbocycles. The van der Waals surface area contributed by atoms with Gasteiger partial charge in [0.25, 0.3) is 0 Å². The Morgan fingerprint density at radius 2 is 1.89 bits per heavy atom. The van der Waals surface area contributed by atoms with E-state index in [-0.39, 0.29) is 0 Å². The zero-order valence-electron chi connectivity index (χ0n) is 15.0. The van der Waals surface area contributed by atoms with Gasteiger partial charge in [0, 0.05) is 5.69 Å². The molecule has 0 atom stereocenters. The van der Waals surface area contributed by atoms with Crippen molar-refractivity contribution in [1.29, 1.82) is 0 Å². The molecule has 0 aliphatic heterocycles. The molecule has 2 aromatic carbocycles. The highest BCUT2D eigenvalue weighted by Gasteiger charge is 2.14. The highest BCUT2D eigenvalue weighted by molar-refractivity contribution is 8.00. The number of rotatable bonds is 8. The van der Waals surface area contributed by atoms with Crippen LogP contribution < -0.4 is 10.1 Å². The fourth-order valence-electron chi connectivity index (χ4n) is 2.44. The Morgan fingerprint density at radius 1 is 1.07 bits per heavy atom. The van der Waals surface area contributed by atoms with Crippen molar-refractivity contribution in [1.82, 2.24) is 20.3 Å². The molecule has 0 aliphatic rings. The van der Waals surface area contributed by atoms with E-state index in [1.807, 2.05) is 61.5 Å². The van der Waals surface area contributed by atoms with Crippen LogP contribution in [0.1, 0.15) is 12.8 Å². The lowest BCUT2D eigenvalue weighted by molar-refractivity contribution is 0.341. The van der Waals surface area contributed by atoms with E-state index in [9.17, 15) is 0 Å². The molecule has 2 aromatic heterocycles. The van der Waals surface area contributed by atoms with Crippen LogP contribution in [0.3, 0.4) is 0 Å². The third-order valence-corrected chi connectivity index (χ3v) is 5.60. The van der Waals surface area contributed by atoms with E-state index in [1.54, 1.807) is 0 Å². The van der Waals surface area contributed by atoms with Crippen molar-refractivity contribution < 1.29 is 9.26 Å². The van der Waals surface area contributed by atoms with E-state index < -0.39 is 0 Å². The van der Waals surface area contributed by atoms with Gasteiger partial charge in [-0.2, -0.15) is 4.98 Å². The Balaban J connectivity index is 1.39. The molecule has 142 valence electrons. The van der Waals surface area contributed by atoms with E-state index in [4.69, 9.17) is 9.26 Å². The second-order valence-electron chi connectivity index (χ2n) is 5.59. The standard InChI is InChI=1S/C19H17N5O2S2/c1-2-25-15-11-7-6-10-14(15)17-21-16(26-24-17)12-27-19-23-22-18(28-19)20-13-8-4-3-5-9-13/h3-11H,2,12H2,1H3,(H,20,22). The predicted octanol–water partition coefficient (Wildman–Crippen LogP) is 5.02. The normalized spacial score (nSPS) is 10.8. The SMILES string of the molecule is CCOc1ccccc1-c1noc(CSc2nnc(Nc3ccccc3)s2)n1. The predicted molar refractivity (Wildman–Crippen MR) is 110 cm³/mol. The second-order valence-corrected chi connectivity index (χ2v) is 7.79. The minimum Gasteiger partial charge on any atom is -0.493 e. The summed E-state index contributed by atoms with van der Waals surface area (Å²) in [5.74, 6) is 2.30. The molecule has 0 radical (unpaired) electrons. The van der Waals surface area contributed by atoms with Crippen LogP contribution in [0, 0.1) is 0 Å². The van der Waals surface area contributed by atoms with Crippen molar-refractivity contribution in [2.24, 2.45) is 0 Å². The van der Waals surface area contributed by atoms with Gasteiger partial charge in [-0.15, -0.1) is 10.2 Å². The summed E-state index contributed by atoms with van der Waals surface area (Å²) in [7, 11) is 0. The highest BCUT2D eigenvalue weighted by Crippen LogP contribution is 2.31. The van der Waals surface area contributed by atoms with E-state index in [0.29, 0.717) is 24.1 Å². The Hall–Kier alpha value is -2.91. The van der Waals surface area contributed by atoms with Gasteiger partial charge in [0.1, 0.15) is 5.75 Å². The number of hydrogen-bond acceptors (Lipinski definition) is 9. The molecule has 7 nitrogen and oxygen atoms in total. The third kappa shape index (κ3) is 4.49. The van der Waals surface area contributed by atoms with Gasteiger partial charge in [0.05, 0.1) is 17.9 Å². The summed E-state index contributed by atoms with van der Waals surface area (Å²) in [5.41, 5.74) is 1.79. The first kappa shape index (κ1) is 18.5. The summed E-state index contributed by atoms with van der Waals surface area (Å²) in [5, 5.41) is 16.4. The third-order valence-electron chi connectivity index (χ3n) is 3.65. The number of para-hydroxylation sites is 2. The molecule has 0 fully saturated rings. The van der Waals surface area contributed by atoms with Crippen LogP contribution in [0.5, 0.6) is 5.75 Å². The average Bonchev–Trinajstić information content (AvgIpc) is 3.37. The van der Waals surface area contributed by atoms with E-state index in [1.165, 1.54) is 23.1 Å². The summed E-state index contributed by atoms with van der Waals surface area (Å²) >= 11 is 2.98. The van der Waals surface area contributed by atoms with Gasteiger partial charge in [-0.25, -0.2) is 0 Å². The number of benzene rings is 2. The average molecular weight is 412 g/mol. The molecule has 0 saturated heterocycles. The maximum Gasteiger partial charge on any atom is 0.237 e. The number of nitrogens with zero attached hydrogens (tertiary/aromatic N) is 4. The molecule has 0 spiro atoms. The molecule has 0 amide bonds. The number of thioether (sulfide) groups is 1. The molecule has 4 rings (SSSR count). The van der Waals surface area contributed by atoms with Crippen LogP contribution in [-0.4, -0.2) is 26.9 Å². The van der Waals surface area contributed by atoms with Crippen molar-refractivity contribution in [3.63, 3.8) is 0 Å². The number of ether oxygens (including phenoxy) is 1. The fourth-order valence-corrected chi connectivity index (χ4v) is 4.05. The zero-order chi connectivity index (χ0) is 19.2. The Bertz CT molecular complexity index is 1040. The Labute approximate surface area is 170 Å². The second kappa shape index (κ2) is 8.85. The summed E-state index contributed by atoms with van der Waals surface area (Å²) in [4.78, 5) is 4.48. The first-order chi connectivity index (χ1) is 13.8. The smallest absolute Gasteiger partial charge is 0.237 e. The minimum absolute atomic E-state index is 0.517. The molecule has 0 saturated carbocycles. The van der Waals surface area contributed by atoms with Crippen LogP contribution >= 0.6 is 23.1 Å². The zero-order valence-corrected chi connectivity index (χ0v) is 16.7. The quantitative estimate of drug-likeness (QED) is 0.404. The summed E-state index contributed by atoms with van der Waals surface area (Å²) in [6.45, 7) is 2.52. The molecule has 4 aromatic rings. The highest BCUT2D eigenvalue weighted by atomic mass is 32.2. The van der Waals surface area contributed by atoms with Gasteiger partial charge in [0.15, 0.2) is 4.34 Å². The van der Waals surface area contributed by atoms with Crippen molar-refractivity contribution in [2.45, 2.75) is 17.0 Å². The van der Waals surface area contributed by atoms with Crippen LogP contribution in [0.2, 0.25) is 0 Å². The minimum atomic E-state index is 0.517. The first-order valence-corrected chi connectivity index (χ1v) is 10.4. The number of nitrogens with one attached hydrogen (secondary N) is 1. The van der Waals surface area contributed by atoms with Crippen molar-refractivity contribution >= 4 is 33.9 Å². The molecule has 9 heteroatoms. The van der Waals surface area contributed by atoms with Crippen LogP contribution in [-0.2, 0) is 5.75 Å². The lowest BCUT2D eigenvalue weighted by atomic mass is 10.2. The molecular weight excluding hydrogens is 394 g/mol. The van der Waals surface area contributed by atoms with E-state index >= 15 is 0 Å². The van der Waals surface area contributed by atoms with Crippen molar-refractivity contribution in [2.75, 3.05) is 11.9 Å². The first-order valence-electron chi connectivity index (χ1n) is 8.65. The molecule has 2 heterocycles. The van der Waals surface area contributed by atoms with Gasteiger partial charge < -0.3 is 14.6 Å². The monoisotopic (exact) mass is 411 g/mol. The lowest BCUT2D eigenvalue weighted by Crippen LogP contribution is -1.94. The maximum atomic E-state index is 5.63. The lowest BCUT2D eigenvalue weighted by Gasteiger charge is -2.05. The van der Waals surface area contributed by atoms with E-state index in [2.05, 4.69) is 25.7 Å². The summed E-state index contributed by atoms with van der Waals surface area (Å²) in [6, 6.07) is 17.5. The van der Waals surface area contributed by atoms with Gasteiger partial charge in [0.2, 0.25) is 16.8 Å². The van der Waals surface area contributed by atoms with Crippen LogP contribution in [0.4, 0.5) is 10.8 Å². The molecule has 28 heavy (non-hydrogen) atoms. The van der Waals surface area contributed by atoms with Gasteiger partial charge >= 0.3 is 0 Å². The fraction of sp³-hybridized carbons (Fsp3) is 0.158. The topological polar surface area (TPSA) is 86.0 Å². The maximum absolute atomic E-state index is 5.63. The number of aromatic nitrogens is 4. The van der Waals surface area contributed by atoms with Crippen LogP contribution in [0.15, 0.2) is 63.5 Å². The van der Waals surface area contributed by atoms with Gasteiger partial charge in [-0.1, -0.05) is 58.6 Å². The van der Waals surface area contributed by atoms with Crippen LogP contribution in [0.25, 0.3) is 11.4 Å². The van der Waals surface area contributed by atoms with Crippen molar-refractivity contribution in [3.8, 4) is 17.1 Å². The van der Waals surface area contributed by atoms with E-state index in [0.717, 1.165) is 26.5 Å². The van der Waals surface area contributed by atoms with Crippen molar-refractivity contribution in [3.05, 3.63) is 60.5 Å². The van der Waals surface area contributed by atoms with Gasteiger partial charge in [-0.05, 0) is 31.2 Å². The Morgan fingerprint density at radius 3 is 2.75 bits per heavy atom. The Kier molecular flexibility index (Phi) is 5.83. The molecule has 0 unspecified atom stereocenters. The molecule has 0 bridgehead atoms. The number of hydrogen-bond donors (Lipinski definition) is 1. The summed E-state index contributed by atoms with van der Waals surface area (Å²) in [6.07, 6.45) is 0. The molecular formula is C19H17N5O2S2. The largest absolute Gasteiger partial charge is 0.493 e.